The summed E-state index contributed by atoms with van der Waals surface area (Å²) in [4.78, 5) is 17.0. The number of nitrogens with one attached hydrogen (secondary N) is 1. The van der Waals surface area contributed by atoms with Crippen molar-refractivity contribution in [3.63, 3.8) is 0 Å². The summed E-state index contributed by atoms with van der Waals surface area (Å²) in [6.07, 6.45) is 3.51. The lowest BCUT2D eigenvalue weighted by Crippen LogP contribution is -2.13. The van der Waals surface area contributed by atoms with Gasteiger partial charge in [0.25, 0.3) is 5.91 Å². The van der Waals surface area contributed by atoms with Gasteiger partial charge in [0.2, 0.25) is 0 Å². The second kappa shape index (κ2) is 8.43. The monoisotopic (exact) mass is 451 g/mol. The molecule has 1 N–H and O–H groups in total. The Morgan fingerprint density at radius 3 is 2.72 bits per heavy atom. The number of nitriles is 1. The predicted molar refractivity (Wildman–Crippen MR) is 120 cm³/mol. The number of hydrogen-bond donors (Lipinski definition) is 1. The highest BCUT2D eigenvalue weighted by Gasteiger charge is 2.31. The first-order chi connectivity index (χ1) is 15.3. The van der Waals surface area contributed by atoms with Crippen molar-refractivity contribution >= 4 is 38.5 Å². The summed E-state index contributed by atoms with van der Waals surface area (Å²) in [5.74, 6) is 0.315. The molecule has 1 saturated heterocycles. The number of sulfone groups is 1. The van der Waals surface area contributed by atoms with Gasteiger partial charge in [-0.3, -0.25) is 4.79 Å². The molecule has 10 heteroatoms. The van der Waals surface area contributed by atoms with Crippen molar-refractivity contribution in [1.29, 1.82) is 5.26 Å². The maximum absolute atomic E-state index is 12.5. The Labute approximate surface area is 185 Å². The molecule has 9 nitrogen and oxygen atoms in total. The Morgan fingerprint density at radius 1 is 1.34 bits per heavy atom. The van der Waals surface area contributed by atoms with Crippen LogP contribution in [0.2, 0.25) is 0 Å². The second-order valence-electron chi connectivity index (χ2n) is 7.58. The molecular weight excluding hydrogens is 430 g/mol. The Balaban J connectivity index is 1.60. The molecule has 0 spiro atoms. The van der Waals surface area contributed by atoms with Gasteiger partial charge in [-0.25, -0.2) is 18.1 Å². The lowest BCUT2D eigenvalue weighted by atomic mass is 10.1. The standard InChI is InChI=1S/C22H21N5O4S/c1-14-20-10-15(12-24-21(20)27(26-14)18-7-8-32(29,30)13-18)9-16(11-23)22(28)25-17-3-5-19(31-2)6-4-17/h3-6,9-10,12,18H,7-8,13H2,1-2H3,(H,25,28). The summed E-state index contributed by atoms with van der Waals surface area (Å²) in [7, 11) is -1.50. The van der Waals surface area contributed by atoms with Crippen molar-refractivity contribution in [3.8, 4) is 11.8 Å². The van der Waals surface area contributed by atoms with Crippen LogP contribution in [0, 0.1) is 18.3 Å². The maximum Gasteiger partial charge on any atom is 0.266 e. The van der Waals surface area contributed by atoms with Gasteiger partial charge in [-0.2, -0.15) is 10.4 Å². The molecule has 0 bridgehead atoms. The number of hydrogen-bond acceptors (Lipinski definition) is 7. The van der Waals surface area contributed by atoms with Crippen LogP contribution in [0.1, 0.15) is 23.7 Å². The molecule has 4 rings (SSSR count). The van der Waals surface area contributed by atoms with Crippen molar-refractivity contribution in [2.75, 3.05) is 23.9 Å². The Morgan fingerprint density at radius 2 is 2.09 bits per heavy atom. The van der Waals surface area contributed by atoms with E-state index in [0.29, 0.717) is 34.8 Å². The number of aromatic nitrogens is 3. The molecule has 1 amide bonds. The lowest BCUT2D eigenvalue weighted by molar-refractivity contribution is -0.112. The van der Waals surface area contributed by atoms with E-state index in [1.807, 2.05) is 13.0 Å². The quantitative estimate of drug-likeness (QED) is 0.467. The van der Waals surface area contributed by atoms with Crippen molar-refractivity contribution in [3.05, 3.63) is 53.4 Å². The molecular formula is C22H21N5O4S. The van der Waals surface area contributed by atoms with Gasteiger partial charge in [-0.1, -0.05) is 0 Å². The maximum atomic E-state index is 12.5. The highest BCUT2D eigenvalue weighted by molar-refractivity contribution is 7.91. The number of nitrogens with zero attached hydrogens (tertiary/aromatic N) is 4. The van der Waals surface area contributed by atoms with E-state index in [1.54, 1.807) is 48.3 Å². The zero-order valence-corrected chi connectivity index (χ0v) is 18.4. The van der Waals surface area contributed by atoms with Crippen molar-refractivity contribution in [2.45, 2.75) is 19.4 Å². The fourth-order valence-corrected chi connectivity index (χ4v) is 5.37. The normalized spacial score (nSPS) is 17.8. The number of methoxy groups -OCH3 is 1. The molecule has 1 aliphatic rings. The van der Waals surface area contributed by atoms with E-state index >= 15 is 0 Å². The summed E-state index contributed by atoms with van der Waals surface area (Å²) in [6, 6.07) is 10.3. The SMILES string of the molecule is COc1ccc(NC(=O)C(C#N)=Cc2cnc3c(c2)c(C)nn3C2CCS(=O)(=O)C2)cc1. The summed E-state index contributed by atoms with van der Waals surface area (Å²) in [5, 5.41) is 17.4. The van der Waals surface area contributed by atoms with Crippen molar-refractivity contribution in [2.24, 2.45) is 0 Å². The van der Waals surface area contributed by atoms with E-state index < -0.39 is 15.7 Å². The van der Waals surface area contributed by atoms with E-state index in [2.05, 4.69) is 15.4 Å². The number of ether oxygens (including phenoxy) is 1. The van der Waals surface area contributed by atoms with Crippen LogP contribution in [0.3, 0.4) is 0 Å². The summed E-state index contributed by atoms with van der Waals surface area (Å²) in [5.41, 5.74) is 2.32. The van der Waals surface area contributed by atoms with Gasteiger partial charge in [-0.05, 0) is 55.3 Å². The number of pyridine rings is 1. The number of amides is 1. The Kier molecular flexibility index (Phi) is 5.67. The van der Waals surface area contributed by atoms with Crippen molar-refractivity contribution < 1.29 is 17.9 Å². The molecule has 1 unspecified atom stereocenters. The molecule has 0 radical (unpaired) electrons. The van der Waals surface area contributed by atoms with Gasteiger partial charge >= 0.3 is 0 Å². The van der Waals surface area contributed by atoms with E-state index in [-0.39, 0.29) is 23.1 Å². The number of aryl methyl sites for hydroxylation is 1. The Hall–Kier alpha value is -3.71. The number of benzene rings is 1. The van der Waals surface area contributed by atoms with Crippen LogP contribution in [0.4, 0.5) is 5.69 Å². The van der Waals surface area contributed by atoms with Crippen molar-refractivity contribution in [1.82, 2.24) is 14.8 Å². The summed E-state index contributed by atoms with van der Waals surface area (Å²) < 4.78 is 30.5. The number of fused-ring (bicyclic) bond motifs is 1. The zero-order chi connectivity index (χ0) is 22.9. The van der Waals surface area contributed by atoms with Crippen LogP contribution in [-0.2, 0) is 14.6 Å². The van der Waals surface area contributed by atoms with E-state index in [4.69, 9.17) is 4.74 Å². The molecule has 164 valence electrons. The van der Waals surface area contributed by atoms with Gasteiger partial charge in [0.15, 0.2) is 15.5 Å². The number of carbonyl (C=O) groups excluding carboxylic acids is 1. The minimum atomic E-state index is -3.06. The van der Waals surface area contributed by atoms with Gasteiger partial charge in [-0.15, -0.1) is 0 Å². The molecule has 1 fully saturated rings. The average Bonchev–Trinajstić information content (AvgIpc) is 3.31. The van der Waals surface area contributed by atoms with Crippen LogP contribution in [0.15, 0.2) is 42.1 Å². The minimum Gasteiger partial charge on any atom is -0.497 e. The molecule has 1 aliphatic heterocycles. The average molecular weight is 452 g/mol. The van der Waals surface area contributed by atoms with Crippen LogP contribution in [-0.4, -0.2) is 47.7 Å². The number of anilines is 1. The fourth-order valence-electron chi connectivity index (χ4n) is 3.68. The molecule has 1 atom stereocenters. The highest BCUT2D eigenvalue weighted by Crippen LogP contribution is 2.28. The van der Waals surface area contributed by atoms with Gasteiger partial charge in [0, 0.05) is 17.3 Å². The first kappa shape index (κ1) is 21.5. The molecule has 0 saturated carbocycles. The molecule has 2 aromatic heterocycles. The molecule has 0 aliphatic carbocycles. The number of rotatable bonds is 5. The first-order valence-electron chi connectivity index (χ1n) is 9.92. The second-order valence-corrected chi connectivity index (χ2v) is 9.81. The fraction of sp³-hybridized carbons (Fsp3) is 0.273. The topological polar surface area (TPSA) is 127 Å². The van der Waals surface area contributed by atoms with Gasteiger partial charge in [0.05, 0.1) is 30.4 Å². The van der Waals surface area contributed by atoms with Crippen LogP contribution >= 0.6 is 0 Å². The first-order valence-corrected chi connectivity index (χ1v) is 11.7. The smallest absolute Gasteiger partial charge is 0.266 e. The molecule has 32 heavy (non-hydrogen) atoms. The third-order valence-electron chi connectivity index (χ3n) is 5.33. The summed E-state index contributed by atoms with van der Waals surface area (Å²) in [6.45, 7) is 1.82. The third kappa shape index (κ3) is 4.33. The molecule has 3 heterocycles. The zero-order valence-electron chi connectivity index (χ0n) is 17.6. The highest BCUT2D eigenvalue weighted by atomic mass is 32.2. The minimum absolute atomic E-state index is 0.0522. The van der Waals surface area contributed by atoms with E-state index in [1.165, 1.54) is 6.08 Å². The summed E-state index contributed by atoms with van der Waals surface area (Å²) >= 11 is 0. The van der Waals surface area contributed by atoms with Crippen LogP contribution in [0.5, 0.6) is 5.75 Å². The van der Waals surface area contributed by atoms with Gasteiger partial charge < -0.3 is 10.1 Å². The Bertz CT molecular complexity index is 1370. The van der Waals surface area contributed by atoms with E-state index in [0.717, 1.165) is 5.39 Å². The molecule has 1 aromatic carbocycles. The lowest BCUT2D eigenvalue weighted by Gasteiger charge is -2.09. The van der Waals surface area contributed by atoms with Crippen LogP contribution < -0.4 is 10.1 Å². The van der Waals surface area contributed by atoms with E-state index in [9.17, 15) is 18.5 Å². The van der Waals surface area contributed by atoms with Gasteiger partial charge in [0.1, 0.15) is 17.4 Å². The van der Waals surface area contributed by atoms with Crippen LogP contribution in [0.25, 0.3) is 17.1 Å². The largest absolute Gasteiger partial charge is 0.497 e. The third-order valence-corrected chi connectivity index (χ3v) is 7.08. The number of carbonyl (C=O) groups is 1. The predicted octanol–water partition coefficient (Wildman–Crippen LogP) is 2.65. The molecule has 3 aromatic rings.